The van der Waals surface area contributed by atoms with E-state index in [1.54, 1.807) is 30.3 Å². The number of benzene rings is 2. The molecule has 122 valence electrons. The lowest BCUT2D eigenvalue weighted by Gasteiger charge is -2.29. The molecule has 0 radical (unpaired) electrons. The van der Waals surface area contributed by atoms with Gasteiger partial charge in [0.15, 0.2) is 5.78 Å². The molecule has 2 aromatic carbocycles. The van der Waals surface area contributed by atoms with E-state index < -0.39 is 15.7 Å². The van der Waals surface area contributed by atoms with Crippen LogP contribution in [0.5, 0.6) is 0 Å². The third-order valence-electron chi connectivity index (χ3n) is 4.09. The van der Waals surface area contributed by atoms with Gasteiger partial charge in [0.2, 0.25) is 0 Å². The number of aromatic amines is 2. The maximum atomic E-state index is 13.0. The normalized spacial score (nSPS) is 14.8. The van der Waals surface area contributed by atoms with Gasteiger partial charge < -0.3 is 9.97 Å². The Morgan fingerprint density at radius 1 is 0.958 bits per heavy atom. The standard InChI is InChI=1S/C16H13N3O4S/c20-15-7-8-19(14-4-2-1-3-11(14)15)24(22,23)10-5-6-12-13(9-10)18-16(21)17-12/h1-6,9H,7-8H2,(H2,17,18,21). The van der Waals surface area contributed by atoms with Gasteiger partial charge in [-0.25, -0.2) is 13.2 Å². The number of carbonyl (C=O) groups is 1. The van der Waals surface area contributed by atoms with Crippen LogP contribution < -0.4 is 9.99 Å². The number of para-hydroxylation sites is 1. The van der Waals surface area contributed by atoms with Gasteiger partial charge in [0, 0.05) is 18.5 Å². The number of rotatable bonds is 2. The Labute approximate surface area is 137 Å². The summed E-state index contributed by atoms with van der Waals surface area (Å²) in [4.78, 5) is 28.5. The summed E-state index contributed by atoms with van der Waals surface area (Å²) in [6.45, 7) is 0.0971. The number of ketones is 1. The molecule has 0 unspecified atom stereocenters. The second-order valence-corrected chi connectivity index (χ2v) is 7.42. The van der Waals surface area contributed by atoms with Crippen LogP contribution in [-0.2, 0) is 10.0 Å². The number of nitrogens with zero attached hydrogens (tertiary/aromatic N) is 1. The molecule has 0 atom stereocenters. The molecule has 0 saturated heterocycles. The minimum absolute atomic E-state index is 0.0643. The SMILES string of the molecule is O=C1CCN(S(=O)(=O)c2ccc3[nH]c(=O)[nH]c3c2)c2ccccc21. The number of sulfonamides is 1. The van der Waals surface area contributed by atoms with E-state index in [0.29, 0.717) is 22.3 Å². The molecule has 0 saturated carbocycles. The number of anilines is 1. The monoisotopic (exact) mass is 343 g/mol. The highest BCUT2D eigenvalue weighted by Crippen LogP contribution is 2.32. The highest BCUT2D eigenvalue weighted by atomic mass is 32.2. The lowest BCUT2D eigenvalue weighted by Crippen LogP contribution is -2.37. The Kier molecular flexibility index (Phi) is 3.10. The van der Waals surface area contributed by atoms with Gasteiger partial charge >= 0.3 is 5.69 Å². The van der Waals surface area contributed by atoms with Crippen molar-refractivity contribution in [3.05, 3.63) is 58.5 Å². The molecule has 8 heteroatoms. The smallest absolute Gasteiger partial charge is 0.306 e. The van der Waals surface area contributed by atoms with Crippen LogP contribution in [-0.4, -0.2) is 30.7 Å². The average molecular weight is 343 g/mol. The van der Waals surface area contributed by atoms with Crippen molar-refractivity contribution in [2.45, 2.75) is 11.3 Å². The Morgan fingerprint density at radius 3 is 2.54 bits per heavy atom. The second-order valence-electron chi connectivity index (χ2n) is 5.55. The summed E-state index contributed by atoms with van der Waals surface area (Å²) in [5, 5.41) is 0. The van der Waals surface area contributed by atoms with E-state index in [-0.39, 0.29) is 23.6 Å². The van der Waals surface area contributed by atoms with Gasteiger partial charge in [-0.2, -0.15) is 0 Å². The molecular formula is C16H13N3O4S. The van der Waals surface area contributed by atoms with Gasteiger partial charge in [0.1, 0.15) is 0 Å². The molecule has 24 heavy (non-hydrogen) atoms. The van der Waals surface area contributed by atoms with Gasteiger partial charge in [0.05, 0.1) is 21.6 Å². The van der Waals surface area contributed by atoms with Crippen molar-refractivity contribution in [1.82, 2.24) is 9.97 Å². The summed E-state index contributed by atoms with van der Waals surface area (Å²) in [6.07, 6.45) is 0.138. The summed E-state index contributed by atoms with van der Waals surface area (Å²) in [5.41, 5.74) is 1.35. The van der Waals surface area contributed by atoms with Crippen LogP contribution in [0, 0.1) is 0 Å². The fourth-order valence-corrected chi connectivity index (χ4v) is 4.45. The number of H-pyrrole nitrogens is 2. The number of hydrogen-bond acceptors (Lipinski definition) is 4. The first-order chi connectivity index (χ1) is 11.5. The van der Waals surface area contributed by atoms with Crippen molar-refractivity contribution in [1.29, 1.82) is 0 Å². The van der Waals surface area contributed by atoms with Gasteiger partial charge in [-0.3, -0.25) is 9.10 Å². The van der Waals surface area contributed by atoms with E-state index in [0.717, 1.165) is 0 Å². The number of hydrogen-bond donors (Lipinski definition) is 2. The maximum Gasteiger partial charge on any atom is 0.323 e. The topological polar surface area (TPSA) is 103 Å². The van der Waals surface area contributed by atoms with Crippen molar-refractivity contribution >= 4 is 32.5 Å². The number of fused-ring (bicyclic) bond motifs is 2. The lowest BCUT2D eigenvalue weighted by molar-refractivity contribution is 0.0982. The van der Waals surface area contributed by atoms with Gasteiger partial charge in [-0.15, -0.1) is 0 Å². The van der Waals surface area contributed by atoms with Crippen LogP contribution in [0.15, 0.2) is 52.2 Å². The largest absolute Gasteiger partial charge is 0.323 e. The Bertz CT molecular complexity index is 1130. The molecule has 0 spiro atoms. The van der Waals surface area contributed by atoms with E-state index in [1.807, 2.05) is 0 Å². The van der Waals surface area contributed by atoms with Crippen LogP contribution in [0.4, 0.5) is 5.69 Å². The first-order valence-corrected chi connectivity index (χ1v) is 8.78. The first kappa shape index (κ1) is 14.7. The molecule has 0 amide bonds. The predicted octanol–water partition coefficient (Wildman–Crippen LogP) is 1.64. The van der Waals surface area contributed by atoms with Crippen molar-refractivity contribution < 1.29 is 13.2 Å². The molecular weight excluding hydrogens is 330 g/mol. The molecule has 7 nitrogen and oxygen atoms in total. The van der Waals surface area contributed by atoms with Crippen molar-refractivity contribution in [2.24, 2.45) is 0 Å². The number of aromatic nitrogens is 2. The van der Waals surface area contributed by atoms with E-state index in [9.17, 15) is 18.0 Å². The zero-order chi connectivity index (χ0) is 16.9. The van der Waals surface area contributed by atoms with Crippen molar-refractivity contribution in [3.8, 4) is 0 Å². The Morgan fingerprint density at radius 2 is 1.71 bits per heavy atom. The lowest BCUT2D eigenvalue weighted by atomic mass is 10.0. The molecule has 0 bridgehead atoms. The fraction of sp³-hybridized carbons (Fsp3) is 0.125. The quantitative estimate of drug-likeness (QED) is 0.738. The van der Waals surface area contributed by atoms with Crippen molar-refractivity contribution in [2.75, 3.05) is 10.8 Å². The summed E-state index contributed by atoms with van der Waals surface area (Å²) >= 11 is 0. The first-order valence-electron chi connectivity index (χ1n) is 7.34. The molecule has 3 aromatic rings. The number of Topliss-reactive ketones (excluding diaryl/α,β-unsaturated/α-hetero) is 1. The Hall–Kier alpha value is -2.87. The summed E-state index contributed by atoms with van der Waals surface area (Å²) < 4.78 is 27.3. The highest BCUT2D eigenvalue weighted by Gasteiger charge is 2.32. The summed E-state index contributed by atoms with van der Waals surface area (Å²) in [6, 6.07) is 11.1. The number of carbonyl (C=O) groups excluding carboxylic acids is 1. The zero-order valence-corrected chi connectivity index (χ0v) is 13.3. The van der Waals surface area contributed by atoms with E-state index in [2.05, 4.69) is 9.97 Å². The molecule has 0 fully saturated rings. The van der Waals surface area contributed by atoms with Crippen LogP contribution in [0.3, 0.4) is 0 Å². The minimum atomic E-state index is -3.84. The van der Waals surface area contributed by atoms with E-state index in [1.165, 1.54) is 16.4 Å². The molecule has 4 rings (SSSR count). The van der Waals surface area contributed by atoms with Crippen LogP contribution in [0.25, 0.3) is 11.0 Å². The average Bonchev–Trinajstić information content (AvgIpc) is 2.94. The molecule has 1 aromatic heterocycles. The third-order valence-corrected chi connectivity index (χ3v) is 5.90. The van der Waals surface area contributed by atoms with Gasteiger partial charge in [-0.05, 0) is 30.3 Å². The second kappa shape index (κ2) is 5.07. The maximum absolute atomic E-state index is 13.0. The molecule has 2 N–H and O–H groups in total. The molecule has 2 heterocycles. The third kappa shape index (κ3) is 2.15. The minimum Gasteiger partial charge on any atom is -0.306 e. The van der Waals surface area contributed by atoms with Gasteiger partial charge in [0.25, 0.3) is 10.0 Å². The van der Waals surface area contributed by atoms with Gasteiger partial charge in [-0.1, -0.05) is 12.1 Å². The van der Waals surface area contributed by atoms with E-state index in [4.69, 9.17) is 0 Å². The number of nitrogens with one attached hydrogen (secondary N) is 2. The van der Waals surface area contributed by atoms with E-state index >= 15 is 0 Å². The molecule has 1 aliphatic rings. The fourth-order valence-electron chi connectivity index (χ4n) is 2.93. The zero-order valence-electron chi connectivity index (χ0n) is 12.4. The van der Waals surface area contributed by atoms with Crippen LogP contribution in [0.1, 0.15) is 16.8 Å². The summed E-state index contributed by atoms with van der Waals surface area (Å²) in [7, 11) is -3.84. The highest BCUT2D eigenvalue weighted by molar-refractivity contribution is 7.92. The molecule has 0 aliphatic carbocycles. The summed E-state index contributed by atoms with van der Waals surface area (Å²) in [5.74, 6) is -0.0672. The predicted molar refractivity (Wildman–Crippen MR) is 88.8 cm³/mol. The molecule has 1 aliphatic heterocycles. The van der Waals surface area contributed by atoms with Crippen molar-refractivity contribution in [3.63, 3.8) is 0 Å². The Balaban J connectivity index is 1.86. The van der Waals surface area contributed by atoms with Crippen LogP contribution >= 0.6 is 0 Å². The van der Waals surface area contributed by atoms with Crippen LogP contribution in [0.2, 0.25) is 0 Å². The number of imidazole rings is 1.